The Kier molecular flexibility index (Phi) is 3.93. The fourth-order valence-corrected chi connectivity index (χ4v) is 2.46. The third kappa shape index (κ3) is 3.09. The smallest absolute Gasteiger partial charge is 0.175 e. The Hall–Kier alpha value is -2.26. The maximum atomic E-state index is 5.94. The monoisotopic (exact) mass is 298 g/mol. The summed E-state index contributed by atoms with van der Waals surface area (Å²) in [6, 6.07) is 17.8. The molecule has 0 bridgehead atoms. The molecule has 0 aliphatic heterocycles. The first-order valence-electron chi connectivity index (χ1n) is 6.78. The summed E-state index contributed by atoms with van der Waals surface area (Å²) >= 11 is 5.92. The number of benzene rings is 2. The van der Waals surface area contributed by atoms with Crippen molar-refractivity contribution >= 4 is 17.4 Å². The topological polar surface area (TPSA) is 52.0 Å². The maximum absolute atomic E-state index is 5.94. The molecule has 106 valence electrons. The zero-order valence-electron chi connectivity index (χ0n) is 11.4. The van der Waals surface area contributed by atoms with Crippen molar-refractivity contribution in [3.05, 3.63) is 70.9 Å². The Bertz CT molecular complexity index is 720. The van der Waals surface area contributed by atoms with Gasteiger partial charge in [0.25, 0.3) is 0 Å². The van der Waals surface area contributed by atoms with Crippen LogP contribution in [0, 0.1) is 0 Å². The molecule has 1 aromatic heterocycles. The van der Waals surface area contributed by atoms with Gasteiger partial charge in [-0.1, -0.05) is 59.2 Å². The summed E-state index contributed by atoms with van der Waals surface area (Å²) in [5.74, 6) is 1.22. The van der Waals surface area contributed by atoms with Gasteiger partial charge in [0.2, 0.25) is 0 Å². The summed E-state index contributed by atoms with van der Waals surface area (Å²) in [4.78, 5) is 0. The molecule has 3 rings (SSSR count). The molecule has 0 unspecified atom stereocenters. The van der Waals surface area contributed by atoms with Gasteiger partial charge in [-0.3, -0.25) is 0 Å². The summed E-state index contributed by atoms with van der Waals surface area (Å²) in [5, 5.41) is 4.59. The molecule has 0 aliphatic carbocycles. The molecule has 0 radical (unpaired) electrons. The molecule has 2 N–H and O–H groups in total. The van der Waals surface area contributed by atoms with Crippen molar-refractivity contribution in [1.82, 2.24) is 5.16 Å². The molecule has 0 atom stereocenters. The Morgan fingerprint density at radius 3 is 2.38 bits per heavy atom. The number of aromatic nitrogens is 1. The Morgan fingerprint density at radius 2 is 1.67 bits per heavy atom. The molecule has 3 aromatic rings. The second-order valence-corrected chi connectivity index (χ2v) is 5.29. The van der Waals surface area contributed by atoms with Gasteiger partial charge in [0.15, 0.2) is 5.82 Å². The zero-order valence-corrected chi connectivity index (χ0v) is 12.2. The third-order valence-corrected chi connectivity index (χ3v) is 3.66. The molecular weight excluding hydrogens is 284 g/mol. The van der Waals surface area contributed by atoms with E-state index in [1.807, 2.05) is 42.5 Å². The molecule has 0 saturated heterocycles. The van der Waals surface area contributed by atoms with Gasteiger partial charge in [-0.05, 0) is 29.7 Å². The zero-order chi connectivity index (χ0) is 14.7. The quantitative estimate of drug-likeness (QED) is 0.778. The van der Waals surface area contributed by atoms with Crippen molar-refractivity contribution in [2.75, 3.05) is 5.73 Å². The number of hydrogen-bond donors (Lipinski definition) is 1. The van der Waals surface area contributed by atoms with E-state index in [1.54, 1.807) is 0 Å². The lowest BCUT2D eigenvalue weighted by Crippen LogP contribution is -1.93. The van der Waals surface area contributed by atoms with Gasteiger partial charge in [-0.2, -0.15) is 0 Å². The fraction of sp³-hybridized carbons (Fsp3) is 0.118. The van der Waals surface area contributed by atoms with Gasteiger partial charge < -0.3 is 10.3 Å². The highest BCUT2D eigenvalue weighted by molar-refractivity contribution is 6.30. The van der Waals surface area contributed by atoms with Crippen LogP contribution >= 0.6 is 11.6 Å². The number of aryl methyl sites for hydroxylation is 2. The molecule has 2 aromatic carbocycles. The molecule has 3 nitrogen and oxygen atoms in total. The van der Waals surface area contributed by atoms with E-state index in [9.17, 15) is 0 Å². The summed E-state index contributed by atoms with van der Waals surface area (Å²) in [6.07, 6.45) is 1.64. The van der Waals surface area contributed by atoms with Crippen LogP contribution in [0.5, 0.6) is 0 Å². The van der Waals surface area contributed by atoms with E-state index >= 15 is 0 Å². The predicted octanol–water partition coefficient (Wildman–Crippen LogP) is 4.36. The average molecular weight is 299 g/mol. The van der Waals surface area contributed by atoms with Gasteiger partial charge in [0.1, 0.15) is 5.76 Å². The van der Waals surface area contributed by atoms with Crippen LogP contribution in [0.4, 0.5) is 5.82 Å². The van der Waals surface area contributed by atoms with Crippen molar-refractivity contribution in [2.45, 2.75) is 12.8 Å². The van der Waals surface area contributed by atoms with Crippen LogP contribution in [0.25, 0.3) is 11.1 Å². The highest BCUT2D eigenvalue weighted by atomic mass is 35.5. The number of rotatable bonds is 4. The minimum absolute atomic E-state index is 0.417. The standard InChI is InChI=1S/C17H15ClN2O/c18-14-9-7-13(8-10-14)16-15(21-20-17(16)19)11-6-12-4-2-1-3-5-12/h1-5,7-10H,6,11H2,(H2,19,20). The summed E-state index contributed by atoms with van der Waals surface area (Å²) in [5.41, 5.74) is 9.04. The summed E-state index contributed by atoms with van der Waals surface area (Å²) < 4.78 is 5.39. The lowest BCUT2D eigenvalue weighted by atomic mass is 10.0. The third-order valence-electron chi connectivity index (χ3n) is 3.41. The van der Waals surface area contributed by atoms with Gasteiger partial charge in [-0.25, -0.2) is 0 Å². The van der Waals surface area contributed by atoms with E-state index in [0.29, 0.717) is 10.8 Å². The fourth-order valence-electron chi connectivity index (χ4n) is 2.34. The molecule has 0 amide bonds. The lowest BCUT2D eigenvalue weighted by molar-refractivity contribution is 0.386. The van der Waals surface area contributed by atoms with Gasteiger partial charge in [0.05, 0.1) is 5.56 Å². The van der Waals surface area contributed by atoms with Crippen LogP contribution in [0.2, 0.25) is 5.02 Å². The molecule has 21 heavy (non-hydrogen) atoms. The van der Waals surface area contributed by atoms with Crippen molar-refractivity contribution in [2.24, 2.45) is 0 Å². The highest BCUT2D eigenvalue weighted by Gasteiger charge is 2.15. The normalized spacial score (nSPS) is 10.7. The molecule has 0 aliphatic rings. The number of nitrogens with two attached hydrogens (primary N) is 1. The molecule has 0 spiro atoms. The Balaban J connectivity index is 1.85. The molecule has 4 heteroatoms. The van der Waals surface area contributed by atoms with Crippen LogP contribution < -0.4 is 5.73 Å². The highest BCUT2D eigenvalue weighted by Crippen LogP contribution is 2.31. The summed E-state index contributed by atoms with van der Waals surface area (Å²) in [6.45, 7) is 0. The first kappa shape index (κ1) is 13.7. The maximum Gasteiger partial charge on any atom is 0.175 e. The van der Waals surface area contributed by atoms with Crippen molar-refractivity contribution in [3.8, 4) is 11.1 Å². The lowest BCUT2D eigenvalue weighted by Gasteiger charge is -2.03. The minimum atomic E-state index is 0.417. The van der Waals surface area contributed by atoms with E-state index in [-0.39, 0.29) is 0 Å². The van der Waals surface area contributed by atoms with E-state index in [0.717, 1.165) is 29.7 Å². The van der Waals surface area contributed by atoms with Crippen LogP contribution in [0.1, 0.15) is 11.3 Å². The number of nitrogen functional groups attached to an aromatic ring is 1. The van der Waals surface area contributed by atoms with Crippen LogP contribution in [0.15, 0.2) is 59.1 Å². The molecule has 0 saturated carbocycles. The van der Waals surface area contributed by atoms with Crippen molar-refractivity contribution in [3.63, 3.8) is 0 Å². The van der Waals surface area contributed by atoms with Gasteiger partial charge in [0, 0.05) is 11.4 Å². The van der Waals surface area contributed by atoms with E-state index in [2.05, 4.69) is 17.3 Å². The number of anilines is 1. The SMILES string of the molecule is Nc1noc(CCc2ccccc2)c1-c1ccc(Cl)cc1. The number of nitrogens with zero attached hydrogens (tertiary/aromatic N) is 1. The summed E-state index contributed by atoms with van der Waals surface area (Å²) in [7, 11) is 0. The Labute approximate surface area is 128 Å². The van der Waals surface area contributed by atoms with Crippen LogP contribution in [-0.4, -0.2) is 5.16 Å². The first-order valence-corrected chi connectivity index (χ1v) is 7.16. The minimum Gasteiger partial charge on any atom is -0.380 e. The Morgan fingerprint density at radius 1 is 0.952 bits per heavy atom. The second-order valence-electron chi connectivity index (χ2n) is 4.86. The average Bonchev–Trinajstić information content (AvgIpc) is 2.88. The largest absolute Gasteiger partial charge is 0.380 e. The second kappa shape index (κ2) is 6.02. The first-order chi connectivity index (χ1) is 10.2. The molecule has 0 fully saturated rings. The molecular formula is C17H15ClN2O. The van der Waals surface area contributed by atoms with E-state index in [1.165, 1.54) is 5.56 Å². The van der Waals surface area contributed by atoms with Crippen molar-refractivity contribution in [1.29, 1.82) is 0 Å². The van der Waals surface area contributed by atoms with Crippen LogP contribution in [-0.2, 0) is 12.8 Å². The van der Waals surface area contributed by atoms with Gasteiger partial charge >= 0.3 is 0 Å². The number of hydrogen-bond acceptors (Lipinski definition) is 3. The number of halogens is 1. The van der Waals surface area contributed by atoms with Crippen molar-refractivity contribution < 1.29 is 4.52 Å². The van der Waals surface area contributed by atoms with E-state index in [4.69, 9.17) is 21.9 Å². The predicted molar refractivity (Wildman–Crippen MR) is 85.2 cm³/mol. The van der Waals surface area contributed by atoms with E-state index < -0.39 is 0 Å². The van der Waals surface area contributed by atoms with Gasteiger partial charge in [-0.15, -0.1) is 0 Å². The molecule has 1 heterocycles. The van der Waals surface area contributed by atoms with Crippen LogP contribution in [0.3, 0.4) is 0 Å².